The first kappa shape index (κ1) is 26.9. The molecule has 1 amide bonds. The fraction of sp³-hybridized carbons (Fsp3) is 0.333. The summed E-state index contributed by atoms with van der Waals surface area (Å²) < 4.78 is 38.7. The number of nitrogens with zero attached hydrogens (tertiary/aromatic N) is 7. The normalized spacial score (nSPS) is 19.0. The van der Waals surface area contributed by atoms with E-state index in [0.29, 0.717) is 30.9 Å². The number of carbonyl (C=O) groups excluding carboxylic acids is 1. The summed E-state index contributed by atoms with van der Waals surface area (Å²) in [5.41, 5.74) is 0.127. The predicted octanol–water partition coefficient (Wildman–Crippen LogP) is 3.42. The highest BCUT2D eigenvalue weighted by molar-refractivity contribution is 5.93. The van der Waals surface area contributed by atoms with Crippen molar-refractivity contribution in [1.82, 2.24) is 29.4 Å². The summed E-state index contributed by atoms with van der Waals surface area (Å²) in [6.45, 7) is 8.53. The number of anilines is 2. The molecular formula is C30H28F2N8O3. The van der Waals surface area contributed by atoms with E-state index in [4.69, 9.17) is 4.74 Å². The third-order valence-electron chi connectivity index (χ3n) is 8.13. The number of rotatable bonds is 3. The monoisotopic (exact) mass is 586 g/mol. The van der Waals surface area contributed by atoms with Gasteiger partial charge < -0.3 is 19.9 Å². The minimum atomic E-state index is -0.774. The van der Waals surface area contributed by atoms with Crippen LogP contribution in [0.3, 0.4) is 0 Å². The van der Waals surface area contributed by atoms with Crippen LogP contribution in [-0.2, 0) is 4.79 Å². The average Bonchev–Trinajstić information content (AvgIpc) is 3.79. The maximum Gasteiger partial charge on any atom is 0.356 e. The zero-order chi connectivity index (χ0) is 30.0. The van der Waals surface area contributed by atoms with Crippen molar-refractivity contribution < 1.29 is 18.3 Å². The molecule has 1 N–H and O–H groups in total. The van der Waals surface area contributed by atoms with Crippen molar-refractivity contribution >= 4 is 28.4 Å². The van der Waals surface area contributed by atoms with Crippen LogP contribution in [0.4, 0.5) is 20.3 Å². The van der Waals surface area contributed by atoms with E-state index in [2.05, 4.69) is 31.8 Å². The van der Waals surface area contributed by atoms with Gasteiger partial charge >= 0.3 is 5.69 Å². The van der Waals surface area contributed by atoms with Gasteiger partial charge in [0, 0.05) is 25.3 Å². The largest absolute Gasteiger partial charge is 0.474 e. The maximum absolute atomic E-state index is 16.1. The Hall–Kier alpha value is -4.94. The first-order valence-corrected chi connectivity index (χ1v) is 14.1. The van der Waals surface area contributed by atoms with Crippen LogP contribution in [0, 0.1) is 11.6 Å². The van der Waals surface area contributed by atoms with Crippen molar-refractivity contribution in [3.8, 4) is 22.8 Å². The predicted molar refractivity (Wildman–Crippen MR) is 156 cm³/mol. The van der Waals surface area contributed by atoms with Crippen LogP contribution in [0.15, 0.2) is 48.0 Å². The highest BCUT2D eigenvalue weighted by atomic mass is 19.1. The van der Waals surface area contributed by atoms with Gasteiger partial charge in [0.05, 0.1) is 28.7 Å². The molecule has 2 fully saturated rings. The summed E-state index contributed by atoms with van der Waals surface area (Å²) in [5.74, 6) is -1.38. The number of ether oxygens (including phenoxy) is 1. The summed E-state index contributed by atoms with van der Waals surface area (Å²) >= 11 is 0. The second-order valence-corrected chi connectivity index (χ2v) is 11.0. The molecule has 43 heavy (non-hydrogen) atoms. The van der Waals surface area contributed by atoms with Crippen molar-refractivity contribution in [2.24, 2.45) is 0 Å². The molecule has 3 aromatic heterocycles. The first-order chi connectivity index (χ1) is 20.8. The topological polar surface area (TPSA) is 118 Å². The Morgan fingerprint density at radius 1 is 1.16 bits per heavy atom. The number of fused-ring (bicyclic) bond motifs is 6. The van der Waals surface area contributed by atoms with Crippen LogP contribution < -0.4 is 20.6 Å². The lowest BCUT2D eigenvalue weighted by Crippen LogP contribution is -2.49. The van der Waals surface area contributed by atoms with E-state index >= 15 is 8.78 Å². The van der Waals surface area contributed by atoms with E-state index in [-0.39, 0.29) is 76.7 Å². The Morgan fingerprint density at radius 2 is 2.00 bits per heavy atom. The van der Waals surface area contributed by atoms with Gasteiger partial charge in [0.15, 0.2) is 11.5 Å². The van der Waals surface area contributed by atoms with Crippen molar-refractivity contribution in [2.45, 2.75) is 38.3 Å². The van der Waals surface area contributed by atoms with Gasteiger partial charge in [0.1, 0.15) is 36.0 Å². The third-order valence-corrected chi connectivity index (χ3v) is 8.13. The quantitative estimate of drug-likeness (QED) is 0.360. The Bertz CT molecular complexity index is 1880. The molecule has 0 spiro atoms. The molecule has 0 unspecified atom stereocenters. The van der Waals surface area contributed by atoms with Crippen LogP contribution in [0.5, 0.6) is 5.88 Å². The Kier molecular flexibility index (Phi) is 6.33. The molecule has 7 rings (SSSR count). The Balaban J connectivity index is 1.53. The molecular weight excluding hydrogens is 558 g/mol. The SMILES string of the molecule is C=CC(=O)N1CCN(c2nc(=O)n3c4nc(c(F)cc24)-c2c(F)cccc2NCCOc2ncnc(C(C)C)c2-3)[C@@H]2C[C@@H]21. The molecule has 0 radical (unpaired) electrons. The van der Waals surface area contributed by atoms with E-state index in [0.717, 1.165) is 0 Å². The number of carbonyl (C=O) groups is 1. The zero-order valence-electron chi connectivity index (χ0n) is 23.5. The lowest BCUT2D eigenvalue weighted by Gasteiger charge is -2.35. The van der Waals surface area contributed by atoms with Crippen LogP contribution >= 0.6 is 0 Å². The lowest BCUT2D eigenvalue weighted by atomic mass is 10.1. The fourth-order valence-electron chi connectivity index (χ4n) is 6.10. The number of pyridine rings is 1. The Labute approximate surface area is 244 Å². The number of aromatic nitrogens is 5. The molecule has 2 aliphatic heterocycles. The van der Waals surface area contributed by atoms with Crippen LogP contribution in [0.25, 0.3) is 28.0 Å². The number of piperazine rings is 1. The number of halogens is 2. The van der Waals surface area contributed by atoms with Crippen LogP contribution in [-0.4, -0.2) is 73.6 Å². The third kappa shape index (κ3) is 4.29. The van der Waals surface area contributed by atoms with E-state index in [1.807, 2.05) is 18.7 Å². The van der Waals surface area contributed by atoms with Gasteiger partial charge in [-0.15, -0.1) is 0 Å². The molecule has 11 nitrogen and oxygen atoms in total. The van der Waals surface area contributed by atoms with Gasteiger partial charge in [-0.25, -0.2) is 28.1 Å². The second-order valence-electron chi connectivity index (χ2n) is 11.0. The molecule has 4 aromatic rings. The molecule has 1 saturated heterocycles. The number of nitrogens with one attached hydrogen (secondary N) is 1. The highest BCUT2D eigenvalue weighted by Gasteiger charge is 2.51. The van der Waals surface area contributed by atoms with Crippen LogP contribution in [0.1, 0.15) is 31.9 Å². The number of hydrogen-bond acceptors (Lipinski definition) is 9. The number of benzene rings is 1. The van der Waals surface area contributed by atoms with Gasteiger partial charge in [-0.1, -0.05) is 26.5 Å². The van der Waals surface area contributed by atoms with Crippen molar-refractivity contribution in [1.29, 1.82) is 0 Å². The maximum atomic E-state index is 16.1. The fourth-order valence-corrected chi connectivity index (χ4v) is 6.10. The smallest absolute Gasteiger partial charge is 0.356 e. The Morgan fingerprint density at radius 3 is 2.79 bits per heavy atom. The zero-order valence-corrected chi connectivity index (χ0v) is 23.5. The molecule has 1 saturated carbocycles. The van der Waals surface area contributed by atoms with E-state index in [9.17, 15) is 9.59 Å². The van der Waals surface area contributed by atoms with Crippen molar-refractivity contribution in [2.75, 3.05) is 36.5 Å². The molecule has 220 valence electrons. The molecule has 3 aliphatic rings. The van der Waals surface area contributed by atoms with Gasteiger partial charge in [-0.2, -0.15) is 9.97 Å². The minimum absolute atomic E-state index is 0.0597. The average molecular weight is 587 g/mol. The van der Waals surface area contributed by atoms with Gasteiger partial charge in [0.2, 0.25) is 11.8 Å². The lowest BCUT2D eigenvalue weighted by molar-refractivity contribution is -0.126. The standard InChI is InChI=1S/C30H28F2N8O3/c1-4-22(41)38-9-10-39(21-13-20(21)38)27-16-12-18(32)25-23-17(31)6-5-7-19(23)33-8-11-43-29-26(24(15(2)3)34-14-35-29)40(28(16)36-25)30(42)37-27/h4-7,12,14-15,20-21,33H,1,8-11,13H2,2-3H3/t20-,21+/m0/s1. The molecule has 5 heterocycles. The minimum Gasteiger partial charge on any atom is -0.474 e. The molecule has 2 atom stereocenters. The van der Waals surface area contributed by atoms with Gasteiger partial charge in [0.25, 0.3) is 0 Å². The molecule has 2 bridgehead atoms. The summed E-state index contributed by atoms with van der Waals surface area (Å²) in [6, 6.07) is 5.45. The van der Waals surface area contributed by atoms with E-state index in [1.54, 1.807) is 11.0 Å². The summed E-state index contributed by atoms with van der Waals surface area (Å²) in [5, 5.41) is 3.36. The van der Waals surface area contributed by atoms with E-state index in [1.165, 1.54) is 35.2 Å². The van der Waals surface area contributed by atoms with Crippen LogP contribution in [0.2, 0.25) is 0 Å². The first-order valence-electron chi connectivity index (χ1n) is 14.1. The number of amides is 1. The van der Waals surface area contributed by atoms with Gasteiger partial charge in [-0.05, 0) is 36.6 Å². The number of hydrogen-bond donors (Lipinski definition) is 1. The van der Waals surface area contributed by atoms with Gasteiger partial charge in [-0.3, -0.25) is 4.79 Å². The van der Waals surface area contributed by atoms with Crippen molar-refractivity contribution in [3.05, 3.63) is 71.1 Å². The highest BCUT2D eigenvalue weighted by Crippen LogP contribution is 2.42. The summed E-state index contributed by atoms with van der Waals surface area (Å²) in [6.07, 6.45) is 3.32. The second kappa shape index (κ2) is 10.1. The van der Waals surface area contributed by atoms with Crippen molar-refractivity contribution in [3.63, 3.8) is 0 Å². The molecule has 13 heteroatoms. The summed E-state index contributed by atoms with van der Waals surface area (Å²) in [4.78, 5) is 48.0. The summed E-state index contributed by atoms with van der Waals surface area (Å²) in [7, 11) is 0. The molecule has 1 aromatic carbocycles. The molecule has 1 aliphatic carbocycles. The van der Waals surface area contributed by atoms with E-state index < -0.39 is 17.3 Å².